The first-order chi connectivity index (χ1) is 13.7. The van der Waals surface area contributed by atoms with E-state index in [1.54, 1.807) is 29.2 Å². The number of amides is 2. The first-order valence-electron chi connectivity index (χ1n) is 9.14. The van der Waals surface area contributed by atoms with E-state index < -0.39 is 0 Å². The third kappa shape index (κ3) is 3.98. The van der Waals surface area contributed by atoms with E-state index in [2.05, 4.69) is 5.32 Å². The van der Waals surface area contributed by atoms with Gasteiger partial charge < -0.3 is 15.0 Å². The maximum atomic E-state index is 12.8. The van der Waals surface area contributed by atoms with Crippen LogP contribution >= 0.6 is 11.3 Å². The Bertz CT molecular complexity index is 978. The van der Waals surface area contributed by atoms with E-state index in [9.17, 15) is 9.59 Å². The highest BCUT2D eigenvalue weighted by Crippen LogP contribution is 2.29. The van der Waals surface area contributed by atoms with Crippen molar-refractivity contribution < 1.29 is 14.3 Å². The summed E-state index contributed by atoms with van der Waals surface area (Å²) >= 11 is 1.40. The number of anilines is 1. The summed E-state index contributed by atoms with van der Waals surface area (Å²) < 4.78 is 5.30. The molecule has 6 heteroatoms. The zero-order valence-corrected chi connectivity index (χ0v) is 16.1. The molecule has 3 aromatic rings. The maximum Gasteiger partial charge on any atom is 0.266 e. The predicted molar refractivity (Wildman–Crippen MR) is 111 cm³/mol. The Balaban J connectivity index is 1.52. The summed E-state index contributed by atoms with van der Waals surface area (Å²) in [5.41, 5.74) is 3.08. The SMILES string of the molecule is O=C(Nc1cccc(C(=O)N2CCOCC2)c1)c1sccc1-c1ccccc1. The van der Waals surface area contributed by atoms with Crippen molar-refractivity contribution in [1.82, 2.24) is 4.90 Å². The summed E-state index contributed by atoms with van der Waals surface area (Å²) in [6.45, 7) is 2.29. The van der Waals surface area contributed by atoms with Crippen LogP contribution in [0, 0.1) is 0 Å². The highest BCUT2D eigenvalue weighted by atomic mass is 32.1. The number of thiophene rings is 1. The molecule has 1 saturated heterocycles. The van der Waals surface area contributed by atoms with Crippen LogP contribution in [0.5, 0.6) is 0 Å². The lowest BCUT2D eigenvalue weighted by atomic mass is 10.1. The number of nitrogens with zero attached hydrogens (tertiary/aromatic N) is 1. The van der Waals surface area contributed by atoms with Crippen LogP contribution in [-0.2, 0) is 4.74 Å². The Morgan fingerprint density at radius 1 is 0.964 bits per heavy atom. The second-order valence-corrected chi connectivity index (χ2v) is 7.39. The lowest BCUT2D eigenvalue weighted by Gasteiger charge is -2.27. The molecular weight excluding hydrogens is 372 g/mol. The van der Waals surface area contributed by atoms with E-state index in [1.807, 2.05) is 41.8 Å². The highest BCUT2D eigenvalue weighted by molar-refractivity contribution is 7.12. The van der Waals surface area contributed by atoms with Gasteiger partial charge in [0.15, 0.2) is 0 Å². The molecule has 0 radical (unpaired) electrons. The van der Waals surface area contributed by atoms with E-state index >= 15 is 0 Å². The zero-order chi connectivity index (χ0) is 19.3. The molecule has 28 heavy (non-hydrogen) atoms. The van der Waals surface area contributed by atoms with Crippen LogP contribution in [0.15, 0.2) is 66.0 Å². The zero-order valence-electron chi connectivity index (χ0n) is 15.3. The number of ether oxygens (including phenoxy) is 1. The number of rotatable bonds is 4. The topological polar surface area (TPSA) is 58.6 Å². The molecule has 2 amide bonds. The molecule has 0 spiro atoms. The van der Waals surface area contributed by atoms with Crippen molar-refractivity contribution in [2.75, 3.05) is 31.6 Å². The highest BCUT2D eigenvalue weighted by Gasteiger charge is 2.19. The summed E-state index contributed by atoms with van der Waals surface area (Å²) in [6, 6.07) is 18.9. The molecule has 0 aliphatic carbocycles. The van der Waals surface area contributed by atoms with Crippen LogP contribution < -0.4 is 5.32 Å². The van der Waals surface area contributed by atoms with Crippen LogP contribution in [-0.4, -0.2) is 43.0 Å². The Kier molecular flexibility index (Phi) is 5.50. The van der Waals surface area contributed by atoms with Gasteiger partial charge in [0.25, 0.3) is 11.8 Å². The molecule has 0 unspecified atom stereocenters. The van der Waals surface area contributed by atoms with Crippen LogP contribution in [0.25, 0.3) is 11.1 Å². The second kappa shape index (κ2) is 8.37. The molecule has 0 bridgehead atoms. The van der Waals surface area contributed by atoms with Gasteiger partial charge in [0.2, 0.25) is 0 Å². The monoisotopic (exact) mass is 392 g/mol. The van der Waals surface area contributed by atoms with Crippen LogP contribution in [0.1, 0.15) is 20.0 Å². The number of hydrogen-bond donors (Lipinski definition) is 1. The van der Waals surface area contributed by atoms with Crippen LogP contribution in [0.2, 0.25) is 0 Å². The maximum absolute atomic E-state index is 12.8. The summed E-state index contributed by atoms with van der Waals surface area (Å²) in [4.78, 5) is 27.9. The van der Waals surface area contributed by atoms with Gasteiger partial charge in [-0.15, -0.1) is 11.3 Å². The first-order valence-corrected chi connectivity index (χ1v) is 10.0. The normalized spacial score (nSPS) is 13.9. The van der Waals surface area contributed by atoms with Gasteiger partial charge in [0.1, 0.15) is 0 Å². The van der Waals surface area contributed by atoms with Crippen molar-refractivity contribution in [2.24, 2.45) is 0 Å². The molecule has 4 rings (SSSR count). The second-order valence-electron chi connectivity index (χ2n) is 6.47. The first kappa shape index (κ1) is 18.4. The summed E-state index contributed by atoms with van der Waals surface area (Å²) in [5.74, 6) is -0.217. The quantitative estimate of drug-likeness (QED) is 0.726. The minimum Gasteiger partial charge on any atom is -0.378 e. The van der Waals surface area contributed by atoms with Crippen molar-refractivity contribution in [1.29, 1.82) is 0 Å². The van der Waals surface area contributed by atoms with Crippen LogP contribution in [0.3, 0.4) is 0 Å². The standard InChI is InChI=1S/C22H20N2O3S/c25-21(20-19(9-14-28-20)16-5-2-1-3-6-16)23-18-8-4-7-17(15-18)22(26)24-10-12-27-13-11-24/h1-9,14-15H,10-13H2,(H,23,25). The lowest BCUT2D eigenvalue weighted by molar-refractivity contribution is 0.0303. The lowest BCUT2D eigenvalue weighted by Crippen LogP contribution is -2.40. The fourth-order valence-corrected chi connectivity index (χ4v) is 4.01. The van der Waals surface area contributed by atoms with Gasteiger partial charge in [-0.25, -0.2) is 0 Å². The molecule has 0 atom stereocenters. The summed E-state index contributed by atoms with van der Waals surface area (Å²) in [5, 5.41) is 4.84. The Morgan fingerprint density at radius 2 is 1.75 bits per heavy atom. The minimum atomic E-state index is -0.176. The van der Waals surface area contributed by atoms with Gasteiger partial charge in [-0.1, -0.05) is 36.4 Å². The molecule has 142 valence electrons. The number of carbonyl (C=O) groups excluding carboxylic acids is 2. The van der Waals surface area contributed by atoms with Gasteiger partial charge in [-0.2, -0.15) is 0 Å². The van der Waals surface area contributed by atoms with Crippen molar-refractivity contribution in [3.8, 4) is 11.1 Å². The molecule has 1 fully saturated rings. The molecule has 1 aliphatic heterocycles. The number of nitrogens with one attached hydrogen (secondary N) is 1. The molecule has 1 aromatic heterocycles. The van der Waals surface area contributed by atoms with Gasteiger partial charge in [-0.05, 0) is 35.2 Å². The minimum absolute atomic E-state index is 0.0412. The number of hydrogen-bond acceptors (Lipinski definition) is 4. The summed E-state index contributed by atoms with van der Waals surface area (Å²) in [7, 11) is 0. The van der Waals surface area contributed by atoms with Gasteiger partial charge in [0, 0.05) is 29.9 Å². The Hall–Kier alpha value is -2.96. The number of morpholine rings is 1. The van der Waals surface area contributed by atoms with E-state index in [0.717, 1.165) is 11.1 Å². The van der Waals surface area contributed by atoms with Gasteiger partial charge >= 0.3 is 0 Å². The van der Waals surface area contributed by atoms with E-state index in [-0.39, 0.29) is 11.8 Å². The average Bonchev–Trinajstić information content (AvgIpc) is 3.25. The van der Waals surface area contributed by atoms with Crippen molar-refractivity contribution in [2.45, 2.75) is 0 Å². The molecule has 1 aliphatic rings. The predicted octanol–water partition coefficient (Wildman–Crippen LogP) is 4.14. The number of carbonyl (C=O) groups is 2. The van der Waals surface area contributed by atoms with Gasteiger partial charge in [0.05, 0.1) is 18.1 Å². The third-order valence-corrected chi connectivity index (χ3v) is 5.54. The third-order valence-electron chi connectivity index (χ3n) is 4.62. The van der Waals surface area contributed by atoms with E-state index in [0.29, 0.717) is 42.4 Å². The number of benzene rings is 2. The fraction of sp³-hybridized carbons (Fsp3) is 0.182. The van der Waals surface area contributed by atoms with Crippen molar-refractivity contribution in [3.05, 3.63) is 76.5 Å². The van der Waals surface area contributed by atoms with Crippen molar-refractivity contribution in [3.63, 3.8) is 0 Å². The molecule has 2 heterocycles. The fourth-order valence-electron chi connectivity index (χ4n) is 3.20. The Morgan fingerprint density at radius 3 is 2.54 bits per heavy atom. The molecule has 1 N–H and O–H groups in total. The molecule has 0 saturated carbocycles. The molecular formula is C22H20N2O3S. The smallest absolute Gasteiger partial charge is 0.266 e. The Labute approximate surface area is 167 Å². The average molecular weight is 392 g/mol. The molecule has 5 nitrogen and oxygen atoms in total. The van der Waals surface area contributed by atoms with Crippen LogP contribution in [0.4, 0.5) is 5.69 Å². The largest absolute Gasteiger partial charge is 0.378 e. The molecule has 2 aromatic carbocycles. The van der Waals surface area contributed by atoms with E-state index in [1.165, 1.54) is 11.3 Å². The van der Waals surface area contributed by atoms with E-state index in [4.69, 9.17) is 4.74 Å². The summed E-state index contributed by atoms with van der Waals surface area (Å²) in [6.07, 6.45) is 0. The van der Waals surface area contributed by atoms with Gasteiger partial charge in [-0.3, -0.25) is 9.59 Å². The van der Waals surface area contributed by atoms with Crippen molar-refractivity contribution >= 4 is 28.8 Å².